The van der Waals surface area contributed by atoms with E-state index in [-0.39, 0.29) is 23.7 Å². The largest absolute Gasteiger partial charge is 0.416 e. The fourth-order valence-electron chi connectivity index (χ4n) is 5.10. The molecule has 4 rings (SSSR count). The number of rotatable bonds is 9. The predicted molar refractivity (Wildman–Crippen MR) is 133 cm³/mol. The molecule has 1 unspecified atom stereocenters. The summed E-state index contributed by atoms with van der Waals surface area (Å²) >= 11 is 0. The summed E-state index contributed by atoms with van der Waals surface area (Å²) < 4.78 is 121. The number of nitrogens with one attached hydrogen (secondary N) is 2. The van der Waals surface area contributed by atoms with E-state index in [1.54, 1.807) is 0 Å². The second-order valence-corrected chi connectivity index (χ2v) is 12.4. The average Bonchev–Trinajstić information content (AvgIpc) is 3.51. The Morgan fingerprint density at radius 2 is 1.60 bits per heavy atom. The molecule has 1 saturated heterocycles. The maximum atomic E-state index is 14.3. The van der Waals surface area contributed by atoms with Crippen LogP contribution in [0.5, 0.6) is 0 Å². The Balaban J connectivity index is 1.75. The molecule has 2 aliphatic rings. The lowest BCUT2D eigenvalue weighted by atomic mass is 9.80. The molecule has 1 saturated carbocycles. The van der Waals surface area contributed by atoms with Crippen molar-refractivity contribution in [3.63, 3.8) is 0 Å². The Kier molecular flexibility index (Phi) is 8.16. The first-order valence-corrected chi connectivity index (χ1v) is 14.4. The van der Waals surface area contributed by atoms with Crippen molar-refractivity contribution in [3.05, 3.63) is 64.5 Å². The Labute approximate surface area is 227 Å². The van der Waals surface area contributed by atoms with Gasteiger partial charge in [-0.2, -0.15) is 26.3 Å². The average molecular weight is 596 g/mol. The van der Waals surface area contributed by atoms with Gasteiger partial charge >= 0.3 is 12.4 Å². The summed E-state index contributed by atoms with van der Waals surface area (Å²) in [5, 5.41) is 3.14. The van der Waals surface area contributed by atoms with Gasteiger partial charge < -0.3 is 10.2 Å². The number of carbonyl (C=O) groups is 1. The third kappa shape index (κ3) is 7.45. The second-order valence-electron chi connectivity index (χ2n) is 10.6. The minimum Gasteiger partial charge on any atom is -0.334 e. The Morgan fingerprint density at radius 3 is 2.10 bits per heavy atom. The molecule has 2 aromatic rings. The van der Waals surface area contributed by atoms with Gasteiger partial charge in [0.2, 0.25) is 15.9 Å². The number of nitrogens with zero attached hydrogens (tertiary/aromatic N) is 1. The number of amides is 1. The van der Waals surface area contributed by atoms with Gasteiger partial charge in [-0.3, -0.25) is 9.52 Å². The smallest absolute Gasteiger partial charge is 0.334 e. The molecule has 2 N–H and O–H groups in total. The van der Waals surface area contributed by atoms with E-state index in [1.165, 1.54) is 11.0 Å². The molecule has 1 atom stereocenters. The van der Waals surface area contributed by atoms with Crippen molar-refractivity contribution >= 4 is 21.6 Å². The summed E-state index contributed by atoms with van der Waals surface area (Å²) in [5.74, 6) is -1.05. The molecule has 1 amide bonds. The van der Waals surface area contributed by atoms with Crippen LogP contribution in [0.3, 0.4) is 0 Å². The molecule has 0 bridgehead atoms. The van der Waals surface area contributed by atoms with Crippen molar-refractivity contribution in [2.75, 3.05) is 24.1 Å². The lowest BCUT2D eigenvalue weighted by Crippen LogP contribution is -2.45. The highest BCUT2D eigenvalue weighted by Gasteiger charge is 2.47. The number of hydrogen-bond donors (Lipinski definition) is 2. The molecular formula is C26H28F7N3O3S. The van der Waals surface area contributed by atoms with Crippen molar-refractivity contribution in [2.45, 2.75) is 51.1 Å². The third-order valence-electron chi connectivity index (χ3n) is 7.08. The summed E-state index contributed by atoms with van der Waals surface area (Å²) in [5.41, 5.74) is -4.44. The quantitative estimate of drug-likeness (QED) is 0.373. The second kappa shape index (κ2) is 10.8. The summed E-state index contributed by atoms with van der Waals surface area (Å²) in [6, 6.07) is 4.57. The highest BCUT2D eigenvalue weighted by Crippen LogP contribution is 2.45. The Morgan fingerprint density at radius 1 is 1.00 bits per heavy atom. The van der Waals surface area contributed by atoms with Gasteiger partial charge in [0, 0.05) is 19.6 Å². The fourth-order valence-corrected chi connectivity index (χ4v) is 5.65. The lowest BCUT2D eigenvalue weighted by Gasteiger charge is -2.35. The van der Waals surface area contributed by atoms with Crippen LogP contribution in [-0.2, 0) is 40.3 Å². The molecule has 14 heteroatoms. The number of benzene rings is 2. The van der Waals surface area contributed by atoms with Gasteiger partial charge in [-0.15, -0.1) is 0 Å². The van der Waals surface area contributed by atoms with Crippen molar-refractivity contribution in [2.24, 2.45) is 11.3 Å². The Hall–Kier alpha value is -2.87. The van der Waals surface area contributed by atoms with E-state index in [0.29, 0.717) is 44.0 Å². The molecule has 0 aromatic heterocycles. The number of hydrogen-bond acceptors (Lipinski definition) is 4. The van der Waals surface area contributed by atoms with Gasteiger partial charge in [0.1, 0.15) is 5.82 Å². The van der Waals surface area contributed by atoms with E-state index < -0.39 is 62.9 Å². The number of carbonyl (C=O) groups excluding carboxylic acids is 1. The molecule has 0 spiro atoms. The summed E-state index contributed by atoms with van der Waals surface area (Å²) in [4.78, 5) is 15.2. The van der Waals surface area contributed by atoms with Crippen LogP contribution in [-0.4, -0.2) is 38.6 Å². The normalized spacial score (nSPS) is 20.0. The number of sulfonamides is 1. The van der Waals surface area contributed by atoms with E-state index in [2.05, 4.69) is 5.32 Å². The zero-order valence-electron chi connectivity index (χ0n) is 21.4. The standard InChI is InChI=1S/C26H28F7N3O3S/c1-40(38,39)35-22-10-17(4-5-21(22)27)13-36(23(37)24(6-7-34-15-24)12-16-2-3-16)14-18-8-19(25(28,29)30)11-20(9-18)26(31,32)33/h4-5,8-11,16,34-35H,2-3,6-7,12-15H2,1H3. The zero-order valence-corrected chi connectivity index (χ0v) is 22.2. The SMILES string of the molecule is CS(=O)(=O)Nc1cc(CN(Cc2cc(C(F)(F)F)cc(C(F)(F)F)c2)C(=O)C2(CC3CC3)CCNC2)ccc1F. The zero-order chi connectivity index (χ0) is 29.5. The lowest BCUT2D eigenvalue weighted by molar-refractivity contribution is -0.143. The van der Waals surface area contributed by atoms with Gasteiger partial charge in [-0.1, -0.05) is 18.9 Å². The van der Waals surface area contributed by atoms with Crippen LogP contribution in [0.4, 0.5) is 36.4 Å². The van der Waals surface area contributed by atoms with E-state index >= 15 is 0 Å². The summed E-state index contributed by atoms with van der Waals surface area (Å²) in [6.45, 7) is -0.0569. The number of halogens is 7. The molecular weight excluding hydrogens is 567 g/mol. The third-order valence-corrected chi connectivity index (χ3v) is 7.67. The van der Waals surface area contributed by atoms with Crippen molar-refractivity contribution < 1.29 is 43.9 Å². The van der Waals surface area contributed by atoms with Crippen molar-refractivity contribution in [1.82, 2.24) is 10.2 Å². The molecule has 220 valence electrons. The minimum absolute atomic E-state index is 0.0221. The van der Waals surface area contributed by atoms with E-state index in [4.69, 9.17) is 0 Å². The highest BCUT2D eigenvalue weighted by atomic mass is 32.2. The molecule has 2 aromatic carbocycles. The molecule has 6 nitrogen and oxygen atoms in total. The maximum absolute atomic E-state index is 14.3. The van der Waals surface area contributed by atoms with Crippen LogP contribution in [0.25, 0.3) is 0 Å². The molecule has 1 heterocycles. The first-order chi connectivity index (χ1) is 18.5. The first-order valence-electron chi connectivity index (χ1n) is 12.5. The highest BCUT2D eigenvalue weighted by molar-refractivity contribution is 7.92. The summed E-state index contributed by atoms with van der Waals surface area (Å²) in [7, 11) is -3.87. The topological polar surface area (TPSA) is 78.5 Å². The van der Waals surface area contributed by atoms with Gasteiger partial charge in [-0.05, 0) is 66.8 Å². The molecule has 2 fully saturated rings. The van der Waals surface area contributed by atoms with Gasteiger partial charge in [0.25, 0.3) is 0 Å². The monoisotopic (exact) mass is 595 g/mol. The van der Waals surface area contributed by atoms with E-state index in [1.807, 2.05) is 4.72 Å². The van der Waals surface area contributed by atoms with Crippen molar-refractivity contribution in [3.8, 4) is 0 Å². The van der Waals surface area contributed by atoms with Gasteiger partial charge in [-0.25, -0.2) is 12.8 Å². The molecule has 1 aliphatic heterocycles. The summed E-state index contributed by atoms with van der Waals surface area (Å²) in [6.07, 6.45) is -6.48. The van der Waals surface area contributed by atoms with E-state index in [0.717, 1.165) is 31.2 Å². The van der Waals surface area contributed by atoms with Crippen LogP contribution < -0.4 is 10.0 Å². The van der Waals surface area contributed by atoms with Gasteiger partial charge in [0.05, 0.1) is 28.5 Å². The first kappa shape index (κ1) is 30.1. The van der Waals surface area contributed by atoms with E-state index in [9.17, 15) is 43.9 Å². The molecule has 40 heavy (non-hydrogen) atoms. The minimum atomic E-state index is -5.06. The van der Waals surface area contributed by atoms with Crippen LogP contribution in [0, 0.1) is 17.2 Å². The number of alkyl halides is 6. The maximum Gasteiger partial charge on any atom is 0.416 e. The van der Waals surface area contributed by atoms with Crippen LogP contribution in [0.15, 0.2) is 36.4 Å². The van der Waals surface area contributed by atoms with Crippen LogP contribution >= 0.6 is 0 Å². The predicted octanol–water partition coefficient (Wildman–Crippen LogP) is 5.54. The Bertz CT molecular complexity index is 1330. The molecule has 1 aliphatic carbocycles. The van der Waals surface area contributed by atoms with Gasteiger partial charge in [0.15, 0.2) is 0 Å². The van der Waals surface area contributed by atoms with Crippen molar-refractivity contribution in [1.29, 1.82) is 0 Å². The molecule has 0 radical (unpaired) electrons. The fraction of sp³-hybridized carbons (Fsp3) is 0.500. The van der Waals surface area contributed by atoms with Crippen LogP contribution in [0.2, 0.25) is 0 Å². The van der Waals surface area contributed by atoms with Crippen LogP contribution in [0.1, 0.15) is 47.9 Å². The number of anilines is 1.